The van der Waals surface area contributed by atoms with Gasteiger partial charge < -0.3 is 10.0 Å². The lowest BCUT2D eigenvalue weighted by Crippen LogP contribution is -2.38. The molecule has 0 spiro atoms. The number of rotatable bonds is 8. The van der Waals surface area contributed by atoms with Gasteiger partial charge in [-0.05, 0) is 12.8 Å². The van der Waals surface area contributed by atoms with Gasteiger partial charge in [0.2, 0.25) is 5.82 Å². The highest BCUT2D eigenvalue weighted by Crippen LogP contribution is 2.36. The van der Waals surface area contributed by atoms with E-state index >= 15 is 0 Å². The van der Waals surface area contributed by atoms with E-state index in [2.05, 4.69) is 5.10 Å². The van der Waals surface area contributed by atoms with Crippen molar-refractivity contribution in [1.29, 1.82) is 0 Å². The maximum Gasteiger partial charge on any atom is 0.334 e. The van der Waals surface area contributed by atoms with E-state index in [-0.39, 0.29) is 29.2 Å². The molecule has 0 unspecified atom stereocenters. The summed E-state index contributed by atoms with van der Waals surface area (Å²) in [6, 6.07) is 0.145. The topological polar surface area (TPSA) is 84.4 Å². The molecule has 0 saturated heterocycles. The van der Waals surface area contributed by atoms with Gasteiger partial charge in [0.15, 0.2) is 0 Å². The summed E-state index contributed by atoms with van der Waals surface area (Å²) in [6.45, 7) is 8.20. The standard InChI is InChI=1S/C14H26N4O3/c1-6-11(7-2)17(8-9-19)14-13(18(20)21)12(10(3)4)15-16(14)5/h10-11,19H,6-9H2,1-5H3. The second-order valence-corrected chi connectivity index (χ2v) is 5.48. The molecule has 1 rings (SSSR count). The van der Waals surface area contributed by atoms with Gasteiger partial charge in [-0.15, -0.1) is 0 Å². The molecule has 0 aliphatic carbocycles. The molecule has 1 N–H and O–H groups in total. The lowest BCUT2D eigenvalue weighted by atomic mass is 10.1. The van der Waals surface area contributed by atoms with Crippen LogP contribution in [0.3, 0.4) is 0 Å². The highest BCUT2D eigenvalue weighted by molar-refractivity contribution is 5.63. The van der Waals surface area contributed by atoms with E-state index in [1.54, 1.807) is 11.7 Å². The fourth-order valence-electron chi connectivity index (χ4n) is 2.71. The van der Waals surface area contributed by atoms with Crippen molar-refractivity contribution in [2.24, 2.45) is 7.05 Å². The number of hydrogen-bond acceptors (Lipinski definition) is 5. The number of nitro groups is 1. The van der Waals surface area contributed by atoms with E-state index in [9.17, 15) is 15.2 Å². The van der Waals surface area contributed by atoms with Crippen LogP contribution in [0.1, 0.15) is 52.1 Å². The molecule has 0 saturated carbocycles. The molecule has 0 aliphatic heterocycles. The lowest BCUT2D eigenvalue weighted by Gasteiger charge is -2.31. The Labute approximate surface area is 125 Å². The minimum absolute atomic E-state index is 0.0250. The van der Waals surface area contributed by atoms with Crippen molar-refractivity contribution in [3.05, 3.63) is 15.8 Å². The Balaban J connectivity index is 3.46. The summed E-state index contributed by atoms with van der Waals surface area (Å²) in [5.41, 5.74) is 0.555. The van der Waals surface area contributed by atoms with Gasteiger partial charge in [-0.1, -0.05) is 27.7 Å². The molecule has 0 atom stereocenters. The molecule has 0 aromatic carbocycles. The molecule has 0 radical (unpaired) electrons. The summed E-state index contributed by atoms with van der Waals surface area (Å²) in [7, 11) is 1.72. The molecule has 1 aromatic rings. The Hall–Kier alpha value is -1.63. The van der Waals surface area contributed by atoms with Gasteiger partial charge in [-0.25, -0.2) is 4.68 Å². The second kappa shape index (κ2) is 7.40. The van der Waals surface area contributed by atoms with Gasteiger partial charge >= 0.3 is 5.69 Å². The van der Waals surface area contributed by atoms with Crippen LogP contribution < -0.4 is 4.90 Å². The zero-order chi connectivity index (χ0) is 16.2. The fourth-order valence-corrected chi connectivity index (χ4v) is 2.71. The zero-order valence-electron chi connectivity index (χ0n) is 13.5. The van der Waals surface area contributed by atoms with E-state index in [1.165, 1.54) is 0 Å². The summed E-state index contributed by atoms with van der Waals surface area (Å²) in [5.74, 6) is 0.467. The molecule has 0 bridgehead atoms. The van der Waals surface area contributed by atoms with E-state index in [0.29, 0.717) is 18.1 Å². The number of aliphatic hydroxyl groups is 1. The van der Waals surface area contributed by atoms with Gasteiger partial charge in [-0.3, -0.25) is 10.1 Å². The maximum absolute atomic E-state index is 11.5. The van der Waals surface area contributed by atoms with Crippen LogP contribution in [-0.2, 0) is 7.05 Å². The summed E-state index contributed by atoms with van der Waals surface area (Å²) < 4.78 is 1.57. The summed E-state index contributed by atoms with van der Waals surface area (Å²) >= 11 is 0. The number of anilines is 1. The zero-order valence-corrected chi connectivity index (χ0v) is 13.5. The summed E-state index contributed by atoms with van der Waals surface area (Å²) in [4.78, 5) is 13.1. The normalized spacial score (nSPS) is 11.4. The minimum Gasteiger partial charge on any atom is -0.395 e. The third kappa shape index (κ3) is 3.53. The third-order valence-corrected chi connectivity index (χ3v) is 3.74. The SMILES string of the molecule is CCC(CC)N(CCO)c1c([N+](=O)[O-])c(C(C)C)nn1C. The average molecular weight is 298 g/mol. The van der Waals surface area contributed by atoms with Crippen LogP contribution in [0.5, 0.6) is 0 Å². The van der Waals surface area contributed by atoms with E-state index in [1.807, 2.05) is 32.6 Å². The van der Waals surface area contributed by atoms with Gasteiger partial charge in [0.1, 0.15) is 5.69 Å². The van der Waals surface area contributed by atoms with Crippen LogP contribution >= 0.6 is 0 Å². The molecule has 7 heteroatoms. The molecule has 1 heterocycles. The van der Waals surface area contributed by atoms with Crippen LogP contribution in [0, 0.1) is 10.1 Å². The van der Waals surface area contributed by atoms with Crippen molar-refractivity contribution >= 4 is 11.5 Å². The van der Waals surface area contributed by atoms with Crippen LogP contribution in [0.4, 0.5) is 11.5 Å². The summed E-state index contributed by atoms with van der Waals surface area (Å²) in [5, 5.41) is 25.2. The first-order valence-electron chi connectivity index (χ1n) is 7.47. The van der Waals surface area contributed by atoms with Crippen molar-refractivity contribution in [3.63, 3.8) is 0 Å². The van der Waals surface area contributed by atoms with E-state index in [4.69, 9.17) is 0 Å². The predicted molar refractivity (Wildman–Crippen MR) is 82.8 cm³/mol. The van der Waals surface area contributed by atoms with Gasteiger partial charge in [0, 0.05) is 25.6 Å². The lowest BCUT2D eigenvalue weighted by molar-refractivity contribution is -0.385. The molecule has 120 valence electrons. The maximum atomic E-state index is 11.5. The average Bonchev–Trinajstić information content (AvgIpc) is 2.77. The molecule has 0 amide bonds. The van der Waals surface area contributed by atoms with Crippen molar-refractivity contribution in [2.75, 3.05) is 18.1 Å². The largest absolute Gasteiger partial charge is 0.395 e. The minimum atomic E-state index is -0.357. The van der Waals surface area contributed by atoms with Gasteiger partial charge in [-0.2, -0.15) is 5.10 Å². The number of aliphatic hydroxyl groups excluding tert-OH is 1. The van der Waals surface area contributed by atoms with Crippen LogP contribution in [0.15, 0.2) is 0 Å². The first-order chi connectivity index (χ1) is 9.88. The van der Waals surface area contributed by atoms with Gasteiger partial charge in [0.05, 0.1) is 11.5 Å². The molecule has 7 nitrogen and oxygen atoms in total. The van der Waals surface area contributed by atoms with E-state index in [0.717, 1.165) is 12.8 Å². The second-order valence-electron chi connectivity index (χ2n) is 5.48. The van der Waals surface area contributed by atoms with Crippen molar-refractivity contribution in [3.8, 4) is 0 Å². The fraction of sp³-hybridized carbons (Fsp3) is 0.786. The Kier molecular flexibility index (Phi) is 6.14. The van der Waals surface area contributed by atoms with Gasteiger partial charge in [0.25, 0.3) is 0 Å². The molecule has 0 aliphatic rings. The molecule has 21 heavy (non-hydrogen) atoms. The summed E-state index contributed by atoms with van der Waals surface area (Å²) in [6.07, 6.45) is 1.71. The number of aryl methyl sites for hydroxylation is 1. The van der Waals surface area contributed by atoms with Crippen molar-refractivity contribution < 1.29 is 10.0 Å². The Morgan fingerprint density at radius 1 is 1.38 bits per heavy atom. The predicted octanol–water partition coefficient (Wildman–Crippen LogP) is 2.44. The monoisotopic (exact) mass is 298 g/mol. The highest BCUT2D eigenvalue weighted by atomic mass is 16.6. The van der Waals surface area contributed by atoms with Crippen molar-refractivity contribution in [1.82, 2.24) is 9.78 Å². The Morgan fingerprint density at radius 2 is 1.95 bits per heavy atom. The third-order valence-electron chi connectivity index (χ3n) is 3.74. The van der Waals surface area contributed by atoms with Crippen molar-refractivity contribution in [2.45, 2.75) is 52.5 Å². The van der Waals surface area contributed by atoms with Crippen LogP contribution in [0.2, 0.25) is 0 Å². The number of hydrogen-bond donors (Lipinski definition) is 1. The highest BCUT2D eigenvalue weighted by Gasteiger charge is 2.33. The van der Waals surface area contributed by atoms with Crippen LogP contribution in [-0.4, -0.2) is 39.0 Å². The molecular formula is C14H26N4O3. The number of nitrogens with zero attached hydrogens (tertiary/aromatic N) is 4. The van der Waals surface area contributed by atoms with Crippen LogP contribution in [0.25, 0.3) is 0 Å². The first-order valence-corrected chi connectivity index (χ1v) is 7.47. The number of aromatic nitrogens is 2. The Bertz CT molecular complexity index is 481. The molecule has 1 aromatic heterocycles. The quantitative estimate of drug-likeness (QED) is 0.588. The molecular weight excluding hydrogens is 272 g/mol. The smallest absolute Gasteiger partial charge is 0.334 e. The molecule has 0 fully saturated rings. The van der Waals surface area contributed by atoms with E-state index < -0.39 is 0 Å². The Morgan fingerprint density at radius 3 is 2.33 bits per heavy atom. The first kappa shape index (κ1) is 17.4.